The zero-order chi connectivity index (χ0) is 46.3. The summed E-state index contributed by atoms with van der Waals surface area (Å²) in [7, 11) is 1.56. The number of hydrogen-bond donors (Lipinski definition) is 5. The molecular formula is C48H75ClN4O7S. The van der Waals surface area contributed by atoms with Crippen LogP contribution in [0.4, 0.5) is 5.69 Å². The minimum Gasteiger partial charge on any atom is -0.495 e. The van der Waals surface area contributed by atoms with Gasteiger partial charge in [-0.1, -0.05) is 104 Å². The van der Waals surface area contributed by atoms with E-state index in [0.29, 0.717) is 63.9 Å². The van der Waals surface area contributed by atoms with Crippen LogP contribution in [0.3, 0.4) is 0 Å². The molecular weight excluding hydrogens is 812 g/mol. The molecule has 2 aromatic rings. The Kier molecular flexibility index (Phi) is 25.0. The lowest BCUT2D eigenvalue weighted by atomic mass is 9.91. The normalized spacial score (nSPS) is 15.5. The van der Waals surface area contributed by atoms with Crippen LogP contribution < -0.4 is 26.0 Å². The zero-order valence-electron chi connectivity index (χ0n) is 38.8. The van der Waals surface area contributed by atoms with E-state index in [2.05, 4.69) is 65.6 Å². The Morgan fingerprint density at radius 3 is 2.20 bits per heavy atom. The first-order valence-electron chi connectivity index (χ1n) is 21.4. The number of anilines is 1. The van der Waals surface area contributed by atoms with Crippen LogP contribution in [0, 0.1) is 17.3 Å². The average molecular weight is 888 g/mol. The summed E-state index contributed by atoms with van der Waals surface area (Å²) in [5.74, 6) is 1.16. The molecule has 0 spiro atoms. The van der Waals surface area contributed by atoms with Gasteiger partial charge in [-0.2, -0.15) is 0 Å². The number of amides is 2. The second kappa shape index (κ2) is 27.7. The second-order valence-corrected chi connectivity index (χ2v) is 18.5. The van der Waals surface area contributed by atoms with Crippen molar-refractivity contribution >= 4 is 46.8 Å². The Hall–Kier alpha value is -4.13. The van der Waals surface area contributed by atoms with Crippen LogP contribution in [0.15, 0.2) is 79.4 Å². The summed E-state index contributed by atoms with van der Waals surface area (Å²) < 4.78 is 16.3. The first-order chi connectivity index (χ1) is 28.6. The second-order valence-electron chi connectivity index (χ2n) is 16.8. The molecule has 3 rings (SSSR count). The molecule has 0 radical (unpaired) electrons. The van der Waals surface area contributed by atoms with Crippen LogP contribution in [0.2, 0.25) is 5.02 Å². The lowest BCUT2D eigenvalue weighted by molar-refractivity contribution is -0.149. The number of benzene rings is 2. The Morgan fingerprint density at radius 2 is 1.64 bits per heavy atom. The topological polar surface area (TPSA) is 147 Å². The summed E-state index contributed by atoms with van der Waals surface area (Å²) >= 11 is 8.16. The minimum absolute atomic E-state index is 0.0529. The molecule has 61 heavy (non-hydrogen) atoms. The van der Waals surface area contributed by atoms with Crippen LogP contribution in [-0.2, 0) is 30.4 Å². The summed E-state index contributed by atoms with van der Waals surface area (Å²) in [4.78, 5) is 34.7. The highest BCUT2D eigenvalue weighted by atomic mass is 35.5. The lowest BCUT2D eigenvalue weighted by Gasteiger charge is -2.30. The van der Waals surface area contributed by atoms with Gasteiger partial charge in [0, 0.05) is 54.2 Å². The minimum atomic E-state index is -0.992. The van der Waals surface area contributed by atoms with Crippen LogP contribution >= 0.6 is 23.4 Å². The predicted molar refractivity (Wildman–Crippen MR) is 254 cm³/mol. The van der Waals surface area contributed by atoms with E-state index in [1.54, 1.807) is 38.3 Å². The van der Waals surface area contributed by atoms with Crippen molar-refractivity contribution in [2.24, 2.45) is 17.3 Å². The Morgan fingerprint density at radius 1 is 0.984 bits per heavy atom. The molecule has 13 heteroatoms. The van der Waals surface area contributed by atoms with Crippen molar-refractivity contribution in [2.75, 3.05) is 32.1 Å². The molecule has 0 saturated carbocycles. The Bertz CT molecular complexity index is 1710. The van der Waals surface area contributed by atoms with E-state index in [-0.39, 0.29) is 23.3 Å². The quantitative estimate of drug-likeness (QED) is 0.0299. The first-order valence-corrected chi connectivity index (χ1v) is 22.7. The average Bonchev–Trinajstić information content (AvgIpc) is 4.00. The summed E-state index contributed by atoms with van der Waals surface area (Å²) in [6.45, 7) is 32.2. The van der Waals surface area contributed by atoms with Crippen LogP contribution in [-0.4, -0.2) is 66.6 Å². The van der Waals surface area contributed by atoms with Crippen LogP contribution in [0.5, 0.6) is 5.75 Å². The van der Waals surface area contributed by atoms with Crippen molar-refractivity contribution in [3.05, 3.63) is 95.6 Å². The number of carboxylic acid groups (broad SMARTS) is 1. The maximum Gasteiger partial charge on any atom is 0.344 e. The highest BCUT2D eigenvalue weighted by molar-refractivity contribution is 8.07. The third-order valence-corrected chi connectivity index (χ3v) is 11.2. The van der Waals surface area contributed by atoms with Crippen molar-refractivity contribution < 1.29 is 33.7 Å². The fourth-order valence-electron chi connectivity index (χ4n) is 5.72. The monoisotopic (exact) mass is 887 g/mol. The van der Waals surface area contributed by atoms with Crippen molar-refractivity contribution in [3.63, 3.8) is 0 Å². The van der Waals surface area contributed by atoms with Gasteiger partial charge in [-0.05, 0) is 93.9 Å². The van der Waals surface area contributed by atoms with E-state index in [0.717, 1.165) is 32.5 Å². The van der Waals surface area contributed by atoms with Crippen molar-refractivity contribution in [2.45, 2.75) is 131 Å². The van der Waals surface area contributed by atoms with E-state index < -0.39 is 17.5 Å². The molecule has 5 N–H and O–H groups in total. The summed E-state index contributed by atoms with van der Waals surface area (Å²) in [5, 5.41) is 23.1. The molecule has 4 unspecified atom stereocenters. The van der Waals surface area contributed by atoms with Gasteiger partial charge in [0.15, 0.2) is 12.0 Å². The molecule has 1 aliphatic rings. The molecule has 1 aliphatic heterocycles. The van der Waals surface area contributed by atoms with Gasteiger partial charge in [0.05, 0.1) is 17.9 Å². The molecule has 0 bridgehead atoms. The highest BCUT2D eigenvalue weighted by Crippen LogP contribution is 2.59. The van der Waals surface area contributed by atoms with Crippen molar-refractivity contribution in [3.8, 4) is 5.75 Å². The summed E-state index contributed by atoms with van der Waals surface area (Å²) in [6.07, 6.45) is 5.40. The molecule has 2 amide bonds. The Labute approximate surface area is 376 Å². The number of allylic oxidation sites excluding steroid dienone is 1. The number of thioether (sulfide) groups is 1. The SMILES string of the molecule is C=C(NCCNCc1ccc(C2SC2C(C)CC/C=C/C(=O)Nc2ccc(OC)c(Cl)c2)cc1)OC(C)(C)C.C=C(OC(CC(C)C)C(=O)O)C(C)(C)CNC(=O)CC.CC. The van der Waals surface area contributed by atoms with E-state index in [4.69, 9.17) is 30.9 Å². The predicted octanol–water partition coefficient (Wildman–Crippen LogP) is 10.7. The number of carboxylic acids is 1. The number of halogens is 1. The zero-order valence-corrected chi connectivity index (χ0v) is 40.4. The van der Waals surface area contributed by atoms with Gasteiger partial charge in [0.25, 0.3) is 0 Å². The molecule has 342 valence electrons. The van der Waals surface area contributed by atoms with Crippen molar-refractivity contribution in [1.82, 2.24) is 16.0 Å². The van der Waals surface area contributed by atoms with Gasteiger partial charge in [-0.3, -0.25) is 9.59 Å². The maximum atomic E-state index is 12.2. The maximum absolute atomic E-state index is 12.2. The van der Waals surface area contributed by atoms with Gasteiger partial charge < -0.3 is 40.6 Å². The summed E-state index contributed by atoms with van der Waals surface area (Å²) in [6, 6.07) is 14.1. The number of ether oxygens (including phenoxy) is 3. The molecule has 11 nitrogen and oxygen atoms in total. The fraction of sp³-hybridized carbons (Fsp3) is 0.562. The molecule has 1 fully saturated rings. The number of nitrogens with one attached hydrogen (secondary N) is 4. The molecule has 1 heterocycles. The van der Waals surface area contributed by atoms with Gasteiger partial charge in [0.2, 0.25) is 11.8 Å². The number of hydrogen-bond acceptors (Lipinski definition) is 9. The number of carbonyl (C=O) groups is 3. The number of rotatable bonds is 24. The fourth-order valence-corrected chi connectivity index (χ4v) is 7.37. The van der Waals surface area contributed by atoms with Gasteiger partial charge in [-0.15, -0.1) is 11.8 Å². The molecule has 0 aromatic heterocycles. The standard InChI is InChI=1S/C31H42ClN3O3S.C15H27NO4.C2H6/c1-21(9-7-8-10-28(36)35-25-15-16-27(37-6)26(32)19-25)29-30(39-29)24-13-11-23(12-14-24)20-33-17-18-34-22(2)38-31(3,4)5;1-7-13(17)16-9-15(5,6)11(4)20-12(14(18)19)8-10(2)3;1-2/h8,10-16,19,21,29-30,33-34H,2,7,9,17-18,20H2,1,3-6H3,(H,35,36);10,12H,4,7-9H2,1-3,5-6H3,(H,16,17)(H,18,19);1-2H3/b10-8+;;. The lowest BCUT2D eigenvalue weighted by Crippen LogP contribution is -2.37. The van der Waals surface area contributed by atoms with Crippen LogP contribution in [0.25, 0.3) is 0 Å². The van der Waals surface area contributed by atoms with Gasteiger partial charge >= 0.3 is 5.97 Å². The van der Waals surface area contributed by atoms with Gasteiger partial charge in [0.1, 0.15) is 11.4 Å². The molecule has 0 aliphatic carbocycles. The number of aliphatic carboxylic acids is 1. The highest BCUT2D eigenvalue weighted by Gasteiger charge is 2.42. The van der Waals surface area contributed by atoms with E-state index in [1.807, 2.05) is 80.2 Å². The van der Waals surface area contributed by atoms with E-state index >= 15 is 0 Å². The Balaban J connectivity index is 0.000000715. The molecule has 2 aromatic carbocycles. The summed E-state index contributed by atoms with van der Waals surface area (Å²) in [5.41, 5.74) is 2.56. The smallest absolute Gasteiger partial charge is 0.344 e. The van der Waals surface area contributed by atoms with E-state index in [9.17, 15) is 14.4 Å². The molecule has 1 saturated heterocycles. The largest absolute Gasteiger partial charge is 0.495 e. The number of methoxy groups -OCH3 is 1. The van der Waals surface area contributed by atoms with Crippen molar-refractivity contribution in [1.29, 1.82) is 0 Å². The third kappa shape index (κ3) is 22.5. The van der Waals surface area contributed by atoms with Gasteiger partial charge in [-0.25, -0.2) is 4.79 Å². The van der Waals surface area contributed by atoms with Crippen LogP contribution in [0.1, 0.15) is 118 Å². The third-order valence-electron chi connectivity index (χ3n) is 9.30. The molecule has 4 atom stereocenters. The number of carbonyl (C=O) groups excluding carboxylic acids is 2. The first kappa shape index (κ1) is 54.9. The van der Waals surface area contributed by atoms with E-state index in [1.165, 1.54) is 11.1 Å².